The zero-order valence-corrected chi connectivity index (χ0v) is 15.8. The lowest BCUT2D eigenvalue weighted by atomic mass is 9.48. The van der Waals surface area contributed by atoms with Crippen LogP contribution in [0.5, 0.6) is 0 Å². The van der Waals surface area contributed by atoms with Crippen molar-refractivity contribution < 1.29 is 14.0 Å². The van der Waals surface area contributed by atoms with Crippen LogP contribution in [0.3, 0.4) is 0 Å². The highest BCUT2D eigenvalue weighted by Crippen LogP contribution is 2.64. The first-order valence-electron chi connectivity index (χ1n) is 9.86. The zero-order chi connectivity index (χ0) is 19.9. The summed E-state index contributed by atoms with van der Waals surface area (Å²) in [7, 11) is 0. The van der Waals surface area contributed by atoms with Crippen molar-refractivity contribution >= 4 is 17.5 Å². The molecule has 1 heterocycles. The maximum atomic E-state index is 14.6. The molecule has 3 aliphatic carbocycles. The van der Waals surface area contributed by atoms with Gasteiger partial charge in [0.2, 0.25) is 11.8 Å². The lowest BCUT2D eigenvalue weighted by molar-refractivity contribution is -0.123. The maximum Gasteiger partial charge on any atom is 0.239 e. The third-order valence-corrected chi connectivity index (χ3v) is 7.14. The Balaban J connectivity index is 1.64. The first kappa shape index (κ1) is 16.7. The van der Waals surface area contributed by atoms with Crippen LogP contribution in [0.2, 0.25) is 0 Å². The first-order chi connectivity index (χ1) is 14.0. The molecule has 2 bridgehead atoms. The topological polar surface area (TPSA) is 37.4 Å². The fourth-order valence-corrected chi connectivity index (χ4v) is 6.02. The number of para-hydroxylation sites is 1. The van der Waals surface area contributed by atoms with E-state index in [2.05, 4.69) is 31.2 Å². The molecule has 7 rings (SSSR count). The molecule has 0 aromatic heterocycles. The van der Waals surface area contributed by atoms with Gasteiger partial charge in [-0.05, 0) is 34.4 Å². The van der Waals surface area contributed by atoms with Gasteiger partial charge in [-0.25, -0.2) is 9.29 Å². The Bertz CT molecular complexity index is 1170. The monoisotopic (exact) mass is 383 g/mol. The van der Waals surface area contributed by atoms with Crippen molar-refractivity contribution in [2.45, 2.75) is 18.3 Å². The van der Waals surface area contributed by atoms with Gasteiger partial charge in [-0.1, -0.05) is 67.6 Å². The van der Waals surface area contributed by atoms with E-state index in [9.17, 15) is 14.0 Å². The molecule has 0 radical (unpaired) electrons. The van der Waals surface area contributed by atoms with E-state index in [0.29, 0.717) is 0 Å². The number of carbonyl (C=O) groups is 2. The molecular formula is C25H18FNO2. The maximum absolute atomic E-state index is 14.6. The fraction of sp³-hybridized carbons (Fsp3) is 0.200. The zero-order valence-electron chi connectivity index (χ0n) is 15.8. The summed E-state index contributed by atoms with van der Waals surface area (Å²) in [5.74, 6) is -2.41. The molecule has 3 aromatic rings. The summed E-state index contributed by atoms with van der Waals surface area (Å²) in [5.41, 5.74) is 3.83. The van der Waals surface area contributed by atoms with Crippen molar-refractivity contribution in [3.05, 3.63) is 101 Å². The quantitative estimate of drug-likeness (QED) is 0.584. The van der Waals surface area contributed by atoms with Gasteiger partial charge < -0.3 is 0 Å². The standard InChI is InChI=1S/C25H18FNO2/c1-25-16-10-4-2-8-14(16)20(15-9-3-5-11-17(15)25)21-22(25)24(29)27(23(21)28)19-13-7-6-12-18(19)26/h2-13,20-22H,1H3. The molecule has 2 amide bonds. The summed E-state index contributed by atoms with van der Waals surface area (Å²) in [4.78, 5) is 28.3. The van der Waals surface area contributed by atoms with E-state index in [1.807, 2.05) is 24.3 Å². The van der Waals surface area contributed by atoms with E-state index >= 15 is 0 Å². The average molecular weight is 383 g/mol. The minimum atomic E-state index is -0.626. The Kier molecular flexibility index (Phi) is 3.11. The van der Waals surface area contributed by atoms with Crippen LogP contribution in [-0.2, 0) is 15.0 Å². The van der Waals surface area contributed by atoms with E-state index in [1.54, 1.807) is 12.1 Å². The van der Waals surface area contributed by atoms with E-state index in [-0.39, 0.29) is 23.4 Å². The normalized spacial score (nSPS) is 28.9. The summed E-state index contributed by atoms with van der Waals surface area (Å²) >= 11 is 0. The lowest BCUT2D eigenvalue weighted by Crippen LogP contribution is -2.51. The molecule has 3 nitrogen and oxygen atoms in total. The Hall–Kier alpha value is -3.27. The molecule has 2 atom stereocenters. The first-order valence-corrected chi connectivity index (χ1v) is 9.86. The predicted octanol–water partition coefficient (Wildman–Crippen LogP) is 4.40. The van der Waals surface area contributed by atoms with E-state index < -0.39 is 23.1 Å². The summed E-state index contributed by atoms with van der Waals surface area (Å²) in [6, 6.07) is 22.2. The van der Waals surface area contributed by atoms with Gasteiger partial charge in [0.25, 0.3) is 0 Å². The predicted molar refractivity (Wildman–Crippen MR) is 107 cm³/mol. The van der Waals surface area contributed by atoms with Crippen molar-refractivity contribution in [3.8, 4) is 0 Å². The van der Waals surface area contributed by atoms with E-state index in [1.165, 1.54) is 12.1 Å². The number of benzene rings is 3. The highest BCUT2D eigenvalue weighted by molar-refractivity contribution is 6.23. The second kappa shape index (κ2) is 5.41. The Morgan fingerprint density at radius 3 is 1.97 bits per heavy atom. The van der Waals surface area contributed by atoms with E-state index in [0.717, 1.165) is 27.2 Å². The van der Waals surface area contributed by atoms with Gasteiger partial charge >= 0.3 is 0 Å². The van der Waals surface area contributed by atoms with Crippen LogP contribution < -0.4 is 4.90 Å². The Morgan fingerprint density at radius 1 is 0.793 bits per heavy atom. The number of rotatable bonds is 1. The van der Waals surface area contributed by atoms with Gasteiger partial charge in [-0.2, -0.15) is 0 Å². The van der Waals surface area contributed by atoms with Gasteiger partial charge in [0.1, 0.15) is 5.82 Å². The van der Waals surface area contributed by atoms with Crippen molar-refractivity contribution in [1.29, 1.82) is 0 Å². The molecule has 4 heteroatoms. The van der Waals surface area contributed by atoms with Crippen LogP contribution in [0.25, 0.3) is 0 Å². The van der Waals surface area contributed by atoms with Crippen molar-refractivity contribution in [3.63, 3.8) is 0 Å². The van der Waals surface area contributed by atoms with Gasteiger partial charge in [0, 0.05) is 11.3 Å². The number of halogens is 1. The van der Waals surface area contributed by atoms with Crippen LogP contribution in [0.15, 0.2) is 72.8 Å². The van der Waals surface area contributed by atoms with Crippen LogP contribution in [0.4, 0.5) is 10.1 Å². The summed E-state index contributed by atoms with van der Waals surface area (Å²) in [6.45, 7) is 2.06. The molecule has 1 aliphatic heterocycles. The number of nitrogens with zero attached hydrogens (tertiary/aromatic N) is 1. The second-order valence-corrected chi connectivity index (χ2v) is 8.32. The van der Waals surface area contributed by atoms with Crippen LogP contribution in [0.1, 0.15) is 35.1 Å². The van der Waals surface area contributed by atoms with Gasteiger partial charge in [-0.15, -0.1) is 0 Å². The molecular weight excluding hydrogens is 365 g/mol. The Labute approximate surface area is 167 Å². The molecule has 4 aliphatic rings. The third kappa shape index (κ3) is 1.82. The van der Waals surface area contributed by atoms with Gasteiger partial charge in [0.05, 0.1) is 17.5 Å². The molecule has 0 spiro atoms. The molecule has 2 unspecified atom stereocenters. The average Bonchev–Trinajstić information content (AvgIpc) is 3.01. The number of imide groups is 1. The largest absolute Gasteiger partial charge is 0.274 e. The molecule has 1 saturated heterocycles. The fourth-order valence-electron chi connectivity index (χ4n) is 6.02. The molecule has 142 valence electrons. The van der Waals surface area contributed by atoms with Crippen molar-refractivity contribution in [1.82, 2.24) is 0 Å². The molecule has 0 N–H and O–H groups in total. The van der Waals surface area contributed by atoms with Crippen LogP contribution in [0, 0.1) is 17.7 Å². The highest BCUT2D eigenvalue weighted by atomic mass is 19.1. The smallest absolute Gasteiger partial charge is 0.239 e. The lowest BCUT2D eigenvalue weighted by Gasteiger charge is -2.52. The third-order valence-electron chi connectivity index (χ3n) is 7.14. The number of hydrogen-bond donors (Lipinski definition) is 0. The second-order valence-electron chi connectivity index (χ2n) is 8.32. The summed E-state index contributed by atoms with van der Waals surface area (Å²) in [5, 5.41) is 0. The SMILES string of the molecule is CC12c3ccccc3C(c3ccccc31)C1C(=O)N(c3ccccc3F)C(=O)C12. The molecule has 0 saturated carbocycles. The van der Waals surface area contributed by atoms with Gasteiger partial charge in [-0.3, -0.25) is 9.59 Å². The van der Waals surface area contributed by atoms with Crippen LogP contribution >= 0.6 is 0 Å². The summed E-state index contributed by atoms with van der Waals surface area (Å²) < 4.78 is 14.6. The molecule has 3 aromatic carbocycles. The van der Waals surface area contributed by atoms with Crippen molar-refractivity contribution in [2.24, 2.45) is 11.8 Å². The minimum Gasteiger partial charge on any atom is -0.274 e. The minimum absolute atomic E-state index is 0.0491. The number of anilines is 1. The number of hydrogen-bond acceptors (Lipinski definition) is 2. The molecule has 29 heavy (non-hydrogen) atoms. The van der Waals surface area contributed by atoms with Crippen LogP contribution in [-0.4, -0.2) is 11.8 Å². The van der Waals surface area contributed by atoms with Crippen molar-refractivity contribution in [2.75, 3.05) is 4.90 Å². The van der Waals surface area contributed by atoms with E-state index in [4.69, 9.17) is 0 Å². The molecule has 1 fully saturated rings. The number of amides is 2. The summed E-state index contributed by atoms with van der Waals surface area (Å²) in [6.07, 6.45) is 0. The highest BCUT2D eigenvalue weighted by Gasteiger charge is 2.66. The van der Waals surface area contributed by atoms with Gasteiger partial charge in [0.15, 0.2) is 0 Å². The Morgan fingerprint density at radius 2 is 1.34 bits per heavy atom. The number of carbonyl (C=O) groups excluding carboxylic acids is 2.